The van der Waals surface area contributed by atoms with E-state index >= 15 is 0 Å². The van der Waals surface area contributed by atoms with Gasteiger partial charge in [-0.05, 0) is 42.2 Å². The molecule has 0 aliphatic heterocycles. The lowest BCUT2D eigenvalue weighted by Gasteiger charge is -2.16. The molecular formula is C15H14FN3O2. The summed E-state index contributed by atoms with van der Waals surface area (Å²) in [5.74, 6) is -0.618. The number of nitro groups is 1. The summed E-state index contributed by atoms with van der Waals surface area (Å²) in [7, 11) is 0. The van der Waals surface area contributed by atoms with Gasteiger partial charge in [0, 0.05) is 11.8 Å². The molecule has 108 valence electrons. The lowest BCUT2D eigenvalue weighted by molar-refractivity contribution is -0.384. The molecule has 2 aromatic rings. The van der Waals surface area contributed by atoms with Gasteiger partial charge in [-0.15, -0.1) is 0 Å². The van der Waals surface area contributed by atoms with Gasteiger partial charge in [0.1, 0.15) is 5.69 Å². The van der Waals surface area contributed by atoms with E-state index in [9.17, 15) is 14.5 Å². The molecule has 1 unspecified atom stereocenters. The maximum Gasteiger partial charge on any atom is 0.295 e. The van der Waals surface area contributed by atoms with Crippen molar-refractivity contribution < 1.29 is 9.31 Å². The topological polar surface area (TPSA) is 81.2 Å². The Labute approximate surface area is 120 Å². The van der Waals surface area contributed by atoms with E-state index < -0.39 is 10.7 Å². The van der Waals surface area contributed by atoms with Gasteiger partial charge in [-0.1, -0.05) is 12.1 Å². The Morgan fingerprint density at radius 2 is 2.14 bits per heavy atom. The Morgan fingerprint density at radius 3 is 2.90 bits per heavy atom. The second-order valence-corrected chi connectivity index (χ2v) is 5.08. The van der Waals surface area contributed by atoms with Crippen LogP contribution in [-0.4, -0.2) is 4.92 Å². The zero-order chi connectivity index (χ0) is 15.0. The maximum atomic E-state index is 13.9. The quantitative estimate of drug-likeness (QED) is 0.515. The van der Waals surface area contributed by atoms with E-state index in [0.29, 0.717) is 5.69 Å². The molecular weight excluding hydrogens is 273 g/mol. The van der Waals surface area contributed by atoms with Gasteiger partial charge in [0.25, 0.3) is 5.69 Å². The minimum Gasteiger partial charge on any atom is -0.399 e. The van der Waals surface area contributed by atoms with E-state index in [1.54, 1.807) is 6.07 Å². The van der Waals surface area contributed by atoms with Gasteiger partial charge in [0.05, 0.1) is 11.0 Å². The van der Waals surface area contributed by atoms with Crippen LogP contribution in [0.5, 0.6) is 0 Å². The average Bonchev–Trinajstić information content (AvgIpc) is 2.83. The minimum absolute atomic E-state index is 0.0582. The molecule has 21 heavy (non-hydrogen) atoms. The molecule has 0 heterocycles. The molecule has 0 bridgehead atoms. The molecule has 3 N–H and O–H groups in total. The summed E-state index contributed by atoms with van der Waals surface area (Å²) in [6.07, 6.45) is 1.57. The van der Waals surface area contributed by atoms with Gasteiger partial charge in [0.15, 0.2) is 5.82 Å². The lowest BCUT2D eigenvalue weighted by Crippen LogP contribution is -2.10. The zero-order valence-electron chi connectivity index (χ0n) is 11.2. The summed E-state index contributed by atoms with van der Waals surface area (Å²) in [6.45, 7) is 0. The van der Waals surface area contributed by atoms with Gasteiger partial charge in [-0.25, -0.2) is 4.39 Å². The van der Waals surface area contributed by atoms with Crippen molar-refractivity contribution in [2.75, 3.05) is 11.1 Å². The normalized spacial score (nSPS) is 16.5. The summed E-state index contributed by atoms with van der Waals surface area (Å²) in [5, 5.41) is 14.0. The van der Waals surface area contributed by atoms with Gasteiger partial charge >= 0.3 is 0 Å². The Balaban J connectivity index is 1.95. The molecule has 1 aliphatic rings. The summed E-state index contributed by atoms with van der Waals surface area (Å²) >= 11 is 0. The van der Waals surface area contributed by atoms with Crippen molar-refractivity contribution in [2.45, 2.75) is 18.9 Å². The van der Waals surface area contributed by atoms with Crippen molar-refractivity contribution in [3.63, 3.8) is 0 Å². The second-order valence-electron chi connectivity index (χ2n) is 5.08. The van der Waals surface area contributed by atoms with E-state index in [4.69, 9.17) is 5.73 Å². The number of nitrogens with two attached hydrogens (primary N) is 1. The van der Waals surface area contributed by atoms with Gasteiger partial charge in [-0.2, -0.15) is 0 Å². The third kappa shape index (κ3) is 2.40. The smallest absolute Gasteiger partial charge is 0.295 e. The first-order valence-electron chi connectivity index (χ1n) is 6.64. The van der Waals surface area contributed by atoms with Crippen LogP contribution >= 0.6 is 0 Å². The predicted octanol–water partition coefficient (Wildman–Crippen LogP) is 3.42. The number of benzene rings is 2. The van der Waals surface area contributed by atoms with Crippen LogP contribution in [0.15, 0.2) is 36.4 Å². The summed E-state index contributed by atoms with van der Waals surface area (Å²) in [6, 6.07) is 9.28. The molecule has 1 aliphatic carbocycles. The van der Waals surface area contributed by atoms with Crippen molar-refractivity contribution in [1.82, 2.24) is 0 Å². The summed E-state index contributed by atoms with van der Waals surface area (Å²) < 4.78 is 13.9. The van der Waals surface area contributed by atoms with Crippen LogP contribution in [0.4, 0.5) is 21.5 Å². The van der Waals surface area contributed by atoms with Crippen LogP contribution in [0.2, 0.25) is 0 Å². The Morgan fingerprint density at radius 1 is 1.33 bits per heavy atom. The van der Waals surface area contributed by atoms with Crippen LogP contribution in [0.3, 0.4) is 0 Å². The van der Waals surface area contributed by atoms with E-state index in [-0.39, 0.29) is 17.4 Å². The number of fused-ring (bicyclic) bond motifs is 1. The molecule has 0 amide bonds. The van der Waals surface area contributed by atoms with Gasteiger partial charge < -0.3 is 11.1 Å². The molecule has 0 aromatic heterocycles. The standard InChI is InChI=1S/C15H14FN3O2/c16-12-2-1-3-14(19(20)21)15(12)18-13-7-4-9-8-10(17)5-6-11(9)13/h1-3,5-6,8,13,18H,4,7,17H2. The Kier molecular flexibility index (Phi) is 3.21. The number of hydrogen-bond acceptors (Lipinski definition) is 4. The van der Waals surface area contributed by atoms with Crippen molar-refractivity contribution in [1.29, 1.82) is 0 Å². The molecule has 0 saturated heterocycles. The molecule has 0 spiro atoms. The molecule has 0 fully saturated rings. The lowest BCUT2D eigenvalue weighted by atomic mass is 10.1. The number of nitro benzene ring substituents is 1. The number of para-hydroxylation sites is 1. The van der Waals surface area contributed by atoms with Crippen LogP contribution in [0.1, 0.15) is 23.6 Å². The first-order valence-corrected chi connectivity index (χ1v) is 6.64. The van der Waals surface area contributed by atoms with Crippen LogP contribution in [0.25, 0.3) is 0 Å². The second kappa shape index (κ2) is 5.05. The van der Waals surface area contributed by atoms with E-state index in [1.807, 2.05) is 12.1 Å². The van der Waals surface area contributed by atoms with Crippen molar-refractivity contribution in [3.05, 3.63) is 63.5 Å². The number of halogens is 1. The van der Waals surface area contributed by atoms with Crippen molar-refractivity contribution >= 4 is 17.1 Å². The molecule has 0 radical (unpaired) electrons. The predicted molar refractivity (Wildman–Crippen MR) is 78.6 cm³/mol. The Bertz CT molecular complexity index is 718. The SMILES string of the molecule is Nc1ccc2c(c1)CCC2Nc1c(F)cccc1[N+](=O)[O-]. The van der Waals surface area contributed by atoms with Crippen LogP contribution in [-0.2, 0) is 6.42 Å². The van der Waals surface area contributed by atoms with E-state index in [1.165, 1.54) is 18.2 Å². The monoisotopic (exact) mass is 287 g/mol. The van der Waals surface area contributed by atoms with Crippen LogP contribution < -0.4 is 11.1 Å². The van der Waals surface area contributed by atoms with Gasteiger partial charge in [-0.3, -0.25) is 10.1 Å². The highest BCUT2D eigenvalue weighted by molar-refractivity contribution is 5.64. The fraction of sp³-hybridized carbons (Fsp3) is 0.200. The van der Waals surface area contributed by atoms with Crippen molar-refractivity contribution in [2.24, 2.45) is 0 Å². The highest BCUT2D eigenvalue weighted by Crippen LogP contribution is 2.37. The summed E-state index contributed by atoms with van der Waals surface area (Å²) in [5.41, 5.74) is 8.24. The molecule has 6 heteroatoms. The fourth-order valence-electron chi connectivity index (χ4n) is 2.77. The van der Waals surface area contributed by atoms with Gasteiger partial charge in [0.2, 0.25) is 0 Å². The third-order valence-corrected chi connectivity index (χ3v) is 3.75. The van der Waals surface area contributed by atoms with Crippen LogP contribution in [0, 0.1) is 15.9 Å². The highest BCUT2D eigenvalue weighted by atomic mass is 19.1. The van der Waals surface area contributed by atoms with Crippen molar-refractivity contribution in [3.8, 4) is 0 Å². The fourth-order valence-corrected chi connectivity index (χ4v) is 2.77. The molecule has 2 aromatic carbocycles. The van der Waals surface area contributed by atoms with E-state index in [0.717, 1.165) is 24.0 Å². The number of anilines is 2. The van der Waals surface area contributed by atoms with E-state index in [2.05, 4.69) is 5.32 Å². The number of hydrogen-bond donors (Lipinski definition) is 2. The number of aryl methyl sites for hydroxylation is 1. The molecule has 0 saturated carbocycles. The maximum absolute atomic E-state index is 13.9. The largest absolute Gasteiger partial charge is 0.399 e. The highest BCUT2D eigenvalue weighted by Gasteiger charge is 2.26. The zero-order valence-corrected chi connectivity index (χ0v) is 11.2. The third-order valence-electron chi connectivity index (χ3n) is 3.75. The number of nitrogens with one attached hydrogen (secondary N) is 1. The number of nitrogen functional groups attached to an aromatic ring is 1. The first-order chi connectivity index (χ1) is 10.1. The molecule has 1 atom stereocenters. The molecule has 5 nitrogen and oxygen atoms in total. The number of nitrogens with zero attached hydrogens (tertiary/aromatic N) is 1. The molecule has 3 rings (SSSR count). The Hall–Kier alpha value is -2.63. The average molecular weight is 287 g/mol. The first kappa shape index (κ1) is 13.4. The minimum atomic E-state index is -0.618. The number of rotatable bonds is 3. The summed E-state index contributed by atoms with van der Waals surface area (Å²) in [4.78, 5) is 10.4.